The Hall–Kier alpha value is -1.90. The second-order valence-corrected chi connectivity index (χ2v) is 4.87. The van der Waals surface area contributed by atoms with Crippen molar-refractivity contribution in [3.8, 4) is 0 Å². The molecular formula is C17H21NO2. The fourth-order valence-electron chi connectivity index (χ4n) is 2.63. The van der Waals surface area contributed by atoms with Crippen LogP contribution < -0.4 is 16.2 Å². The zero-order chi connectivity index (χ0) is 14.7. The standard InChI is InChI=1S/C15H15NO2.C2H6/c1-2-9-3-4-10-5-6-12(11(10)7-9)16-13-8-14(17)15(13)18;1-2/h3-4,7-8,12,16H,2,5-6H2,1H3;1-2H3. The zero-order valence-electron chi connectivity index (χ0n) is 12.3. The van der Waals surface area contributed by atoms with Gasteiger partial charge in [0.25, 0.3) is 0 Å². The van der Waals surface area contributed by atoms with Crippen LogP contribution in [0.1, 0.15) is 49.9 Å². The molecule has 3 rings (SSSR count). The summed E-state index contributed by atoms with van der Waals surface area (Å²) in [6.07, 6.45) is 3.04. The van der Waals surface area contributed by atoms with Gasteiger partial charge >= 0.3 is 0 Å². The highest BCUT2D eigenvalue weighted by Crippen LogP contribution is 2.34. The molecule has 0 radical (unpaired) electrons. The van der Waals surface area contributed by atoms with E-state index in [1.165, 1.54) is 22.8 Å². The number of anilines is 1. The molecule has 1 aliphatic carbocycles. The first-order valence-corrected chi connectivity index (χ1v) is 7.37. The quantitative estimate of drug-likeness (QED) is 0.873. The molecule has 0 saturated carbocycles. The Labute approximate surface area is 119 Å². The zero-order valence-corrected chi connectivity index (χ0v) is 12.3. The first-order valence-electron chi connectivity index (χ1n) is 7.37. The van der Waals surface area contributed by atoms with Crippen molar-refractivity contribution in [1.29, 1.82) is 0 Å². The average molecular weight is 271 g/mol. The van der Waals surface area contributed by atoms with E-state index >= 15 is 0 Å². The number of aryl methyl sites for hydroxylation is 2. The van der Waals surface area contributed by atoms with Crippen molar-refractivity contribution in [1.82, 2.24) is 0 Å². The van der Waals surface area contributed by atoms with Crippen molar-refractivity contribution in [2.24, 2.45) is 0 Å². The highest BCUT2D eigenvalue weighted by molar-refractivity contribution is 5.51. The molecule has 0 fully saturated rings. The summed E-state index contributed by atoms with van der Waals surface area (Å²) in [4.78, 5) is 22.2. The van der Waals surface area contributed by atoms with Crippen LogP contribution in [0.4, 0.5) is 5.69 Å². The van der Waals surface area contributed by atoms with Crippen LogP contribution in [0.2, 0.25) is 0 Å². The molecule has 3 heteroatoms. The fourth-order valence-corrected chi connectivity index (χ4v) is 2.63. The van der Waals surface area contributed by atoms with Crippen LogP contribution in [0.25, 0.3) is 0 Å². The van der Waals surface area contributed by atoms with Gasteiger partial charge in [0, 0.05) is 6.07 Å². The first-order chi connectivity index (χ1) is 9.69. The van der Waals surface area contributed by atoms with E-state index in [-0.39, 0.29) is 11.5 Å². The molecule has 0 bridgehead atoms. The van der Waals surface area contributed by atoms with Crippen LogP contribution in [-0.4, -0.2) is 0 Å². The molecule has 3 nitrogen and oxygen atoms in total. The third-order valence-electron chi connectivity index (χ3n) is 3.77. The minimum Gasteiger partial charge on any atom is -0.375 e. The van der Waals surface area contributed by atoms with Crippen molar-refractivity contribution >= 4 is 5.69 Å². The molecule has 0 aliphatic heterocycles. The van der Waals surface area contributed by atoms with Gasteiger partial charge in [-0.2, -0.15) is 0 Å². The van der Waals surface area contributed by atoms with Crippen LogP contribution >= 0.6 is 0 Å². The van der Waals surface area contributed by atoms with Crippen molar-refractivity contribution in [2.75, 3.05) is 5.32 Å². The molecule has 106 valence electrons. The summed E-state index contributed by atoms with van der Waals surface area (Å²) in [7, 11) is 0. The molecule has 0 amide bonds. The highest BCUT2D eigenvalue weighted by Gasteiger charge is 2.24. The number of fused-ring (bicyclic) bond motifs is 1. The number of hydrogen-bond donors (Lipinski definition) is 1. The van der Waals surface area contributed by atoms with E-state index in [0.29, 0.717) is 5.69 Å². The van der Waals surface area contributed by atoms with E-state index in [9.17, 15) is 9.59 Å². The van der Waals surface area contributed by atoms with E-state index in [1.807, 2.05) is 13.8 Å². The summed E-state index contributed by atoms with van der Waals surface area (Å²) in [5.74, 6) is 0. The van der Waals surface area contributed by atoms with Gasteiger partial charge in [-0.3, -0.25) is 9.59 Å². The van der Waals surface area contributed by atoms with Crippen LogP contribution in [0.5, 0.6) is 0 Å². The highest BCUT2D eigenvalue weighted by atomic mass is 16.2. The molecule has 2 aromatic carbocycles. The molecular weight excluding hydrogens is 250 g/mol. The Morgan fingerprint density at radius 3 is 2.55 bits per heavy atom. The van der Waals surface area contributed by atoms with Crippen molar-refractivity contribution in [3.63, 3.8) is 0 Å². The molecule has 0 spiro atoms. The smallest absolute Gasteiger partial charge is 0.248 e. The van der Waals surface area contributed by atoms with Crippen LogP contribution in [0.3, 0.4) is 0 Å². The number of benzene rings is 1. The lowest BCUT2D eigenvalue weighted by Crippen LogP contribution is -2.33. The Morgan fingerprint density at radius 1 is 1.20 bits per heavy atom. The topological polar surface area (TPSA) is 46.2 Å². The first kappa shape index (κ1) is 14.5. The van der Waals surface area contributed by atoms with Crippen molar-refractivity contribution in [3.05, 3.63) is 61.4 Å². The summed E-state index contributed by atoms with van der Waals surface area (Å²) in [6.45, 7) is 6.13. The minimum atomic E-state index is -0.391. The van der Waals surface area contributed by atoms with Gasteiger partial charge in [0.2, 0.25) is 10.9 Å². The van der Waals surface area contributed by atoms with E-state index in [1.54, 1.807) is 0 Å². The Morgan fingerprint density at radius 2 is 1.95 bits per heavy atom. The predicted octanol–water partition coefficient (Wildman–Crippen LogP) is 2.97. The normalized spacial score (nSPS) is 16.4. The number of rotatable bonds is 3. The lowest BCUT2D eigenvalue weighted by molar-refractivity contribution is 0.759. The molecule has 1 atom stereocenters. The van der Waals surface area contributed by atoms with Gasteiger partial charge in [0.15, 0.2) is 0 Å². The molecule has 20 heavy (non-hydrogen) atoms. The van der Waals surface area contributed by atoms with Gasteiger partial charge in [-0.05, 0) is 36.0 Å². The van der Waals surface area contributed by atoms with Gasteiger partial charge < -0.3 is 5.32 Å². The monoisotopic (exact) mass is 271 g/mol. The predicted molar refractivity (Wildman–Crippen MR) is 83.2 cm³/mol. The van der Waals surface area contributed by atoms with Gasteiger partial charge in [0.1, 0.15) is 0 Å². The lowest BCUT2D eigenvalue weighted by Gasteiger charge is -2.16. The van der Waals surface area contributed by atoms with Crippen LogP contribution in [0, 0.1) is 0 Å². The summed E-state index contributed by atoms with van der Waals surface area (Å²) >= 11 is 0. The summed E-state index contributed by atoms with van der Waals surface area (Å²) in [6, 6.07) is 8.13. The number of nitrogens with one attached hydrogen (secondary N) is 1. The summed E-state index contributed by atoms with van der Waals surface area (Å²) in [5.41, 5.74) is 3.64. The Bertz CT molecular complexity index is 666. The van der Waals surface area contributed by atoms with Gasteiger partial charge in [-0.25, -0.2) is 0 Å². The SMILES string of the molecule is CC.CCc1ccc2c(c1)C(Nc1cc(=O)c1=O)CC2. The molecule has 1 aliphatic rings. The second-order valence-electron chi connectivity index (χ2n) is 4.87. The van der Waals surface area contributed by atoms with Gasteiger partial charge in [0.05, 0.1) is 11.7 Å². The lowest BCUT2D eigenvalue weighted by atomic mass is 10.0. The largest absolute Gasteiger partial charge is 0.375 e. The van der Waals surface area contributed by atoms with Crippen LogP contribution in [0.15, 0.2) is 33.9 Å². The molecule has 1 N–H and O–H groups in total. The molecule has 0 heterocycles. The van der Waals surface area contributed by atoms with E-state index < -0.39 is 5.43 Å². The Kier molecular flexibility index (Phi) is 4.38. The van der Waals surface area contributed by atoms with Gasteiger partial charge in [-0.15, -0.1) is 0 Å². The third kappa shape index (κ3) is 2.53. The van der Waals surface area contributed by atoms with E-state index in [4.69, 9.17) is 0 Å². The summed E-state index contributed by atoms with van der Waals surface area (Å²) < 4.78 is 0. The fraction of sp³-hybridized carbons (Fsp3) is 0.412. The molecule has 0 aromatic heterocycles. The molecule has 0 saturated heterocycles. The van der Waals surface area contributed by atoms with Gasteiger partial charge in [-0.1, -0.05) is 39.0 Å². The molecule has 2 aromatic rings. The average Bonchev–Trinajstić information content (AvgIpc) is 2.91. The van der Waals surface area contributed by atoms with Crippen LogP contribution in [-0.2, 0) is 12.8 Å². The Balaban J connectivity index is 0.000000704. The van der Waals surface area contributed by atoms with E-state index in [0.717, 1.165) is 19.3 Å². The maximum Gasteiger partial charge on any atom is 0.248 e. The third-order valence-corrected chi connectivity index (χ3v) is 3.77. The second kappa shape index (κ2) is 6.04. The maximum atomic E-state index is 11.3. The maximum absolute atomic E-state index is 11.3. The van der Waals surface area contributed by atoms with Crippen molar-refractivity contribution < 1.29 is 0 Å². The summed E-state index contributed by atoms with van der Waals surface area (Å²) in [5, 5.41) is 3.19. The van der Waals surface area contributed by atoms with E-state index in [2.05, 4.69) is 30.4 Å². The minimum absolute atomic E-state index is 0.176. The van der Waals surface area contributed by atoms with Crippen molar-refractivity contribution in [2.45, 2.75) is 46.1 Å². The molecule has 1 unspecified atom stereocenters. The number of hydrogen-bond acceptors (Lipinski definition) is 3.